The molecule has 0 spiro atoms. The van der Waals surface area contributed by atoms with Crippen LogP contribution in [0.4, 0.5) is 0 Å². The Bertz CT molecular complexity index is 318. The minimum Gasteiger partial charge on any atom is -0.103 e. The molecule has 0 atom stereocenters. The second-order valence-electron chi connectivity index (χ2n) is 4.40. The maximum Gasteiger partial charge on any atom is 0.0406 e. The van der Waals surface area contributed by atoms with Crippen molar-refractivity contribution in [2.75, 3.05) is 0 Å². The molecule has 15 heavy (non-hydrogen) atoms. The number of hydrogen-bond acceptors (Lipinski definition) is 0. The number of halogens is 1. The van der Waals surface area contributed by atoms with Crippen molar-refractivity contribution in [3.05, 3.63) is 47.5 Å². The van der Waals surface area contributed by atoms with Gasteiger partial charge in [-0.1, -0.05) is 29.8 Å². The van der Waals surface area contributed by atoms with E-state index in [9.17, 15) is 0 Å². The van der Waals surface area contributed by atoms with E-state index >= 15 is 0 Å². The SMILES string of the molecule is C=CC1CCC(c2ccc(Cl)cc2)CC1. The van der Waals surface area contributed by atoms with E-state index in [1.54, 1.807) is 0 Å². The van der Waals surface area contributed by atoms with Crippen molar-refractivity contribution in [1.82, 2.24) is 0 Å². The van der Waals surface area contributed by atoms with E-state index in [-0.39, 0.29) is 0 Å². The van der Waals surface area contributed by atoms with E-state index in [4.69, 9.17) is 11.6 Å². The zero-order valence-electron chi connectivity index (χ0n) is 8.95. The van der Waals surface area contributed by atoms with Gasteiger partial charge in [0.15, 0.2) is 0 Å². The van der Waals surface area contributed by atoms with Crippen molar-refractivity contribution in [3.8, 4) is 0 Å². The monoisotopic (exact) mass is 220 g/mol. The van der Waals surface area contributed by atoms with Crippen LogP contribution < -0.4 is 0 Å². The third-order valence-electron chi connectivity index (χ3n) is 3.45. The molecule has 1 aromatic carbocycles. The highest BCUT2D eigenvalue weighted by Crippen LogP contribution is 2.36. The third-order valence-corrected chi connectivity index (χ3v) is 3.70. The second-order valence-corrected chi connectivity index (χ2v) is 4.84. The van der Waals surface area contributed by atoms with Gasteiger partial charge >= 0.3 is 0 Å². The fourth-order valence-corrected chi connectivity index (χ4v) is 2.55. The topological polar surface area (TPSA) is 0 Å². The number of benzene rings is 1. The molecule has 80 valence electrons. The van der Waals surface area contributed by atoms with E-state index in [1.165, 1.54) is 31.2 Å². The third kappa shape index (κ3) is 2.63. The molecule has 0 heterocycles. The summed E-state index contributed by atoms with van der Waals surface area (Å²) in [6.45, 7) is 3.88. The van der Waals surface area contributed by atoms with Crippen molar-refractivity contribution >= 4 is 11.6 Å². The van der Waals surface area contributed by atoms with Gasteiger partial charge in [0, 0.05) is 5.02 Å². The first-order chi connectivity index (χ1) is 7.29. The lowest BCUT2D eigenvalue weighted by molar-refractivity contribution is 0.376. The zero-order valence-corrected chi connectivity index (χ0v) is 9.71. The fourth-order valence-electron chi connectivity index (χ4n) is 2.42. The highest BCUT2D eigenvalue weighted by atomic mass is 35.5. The Morgan fingerprint density at radius 1 is 1.07 bits per heavy atom. The van der Waals surface area contributed by atoms with Crippen molar-refractivity contribution in [3.63, 3.8) is 0 Å². The van der Waals surface area contributed by atoms with Crippen molar-refractivity contribution in [1.29, 1.82) is 0 Å². The molecule has 1 heteroatoms. The number of allylic oxidation sites excluding steroid dienone is 1. The Balaban J connectivity index is 2.01. The molecule has 0 bridgehead atoms. The number of hydrogen-bond donors (Lipinski definition) is 0. The molecule has 1 aliphatic carbocycles. The molecule has 0 aliphatic heterocycles. The molecule has 1 saturated carbocycles. The van der Waals surface area contributed by atoms with Gasteiger partial charge in [-0.2, -0.15) is 0 Å². The second kappa shape index (κ2) is 4.85. The van der Waals surface area contributed by atoms with E-state index in [2.05, 4.69) is 24.8 Å². The van der Waals surface area contributed by atoms with Crippen molar-refractivity contribution in [2.24, 2.45) is 5.92 Å². The van der Waals surface area contributed by atoms with Gasteiger partial charge in [-0.3, -0.25) is 0 Å². The first-order valence-corrected chi connectivity index (χ1v) is 6.05. The van der Waals surface area contributed by atoms with Crippen LogP contribution in [0, 0.1) is 5.92 Å². The normalized spacial score (nSPS) is 26.2. The summed E-state index contributed by atoms with van der Waals surface area (Å²) in [7, 11) is 0. The summed E-state index contributed by atoms with van der Waals surface area (Å²) in [6.07, 6.45) is 7.27. The molecule has 0 aromatic heterocycles. The van der Waals surface area contributed by atoms with Crippen LogP contribution in [0.25, 0.3) is 0 Å². The van der Waals surface area contributed by atoms with Crippen LogP contribution in [0.3, 0.4) is 0 Å². The van der Waals surface area contributed by atoms with Crippen LogP contribution in [-0.4, -0.2) is 0 Å². The summed E-state index contributed by atoms with van der Waals surface area (Å²) in [5.74, 6) is 1.48. The maximum atomic E-state index is 5.88. The smallest absolute Gasteiger partial charge is 0.0406 e. The summed E-state index contributed by atoms with van der Waals surface area (Å²) in [6, 6.07) is 8.33. The molecule has 1 fully saturated rings. The lowest BCUT2D eigenvalue weighted by atomic mass is 9.79. The van der Waals surface area contributed by atoms with Gasteiger partial charge in [0.25, 0.3) is 0 Å². The summed E-state index contributed by atoms with van der Waals surface area (Å²) < 4.78 is 0. The Morgan fingerprint density at radius 2 is 1.67 bits per heavy atom. The molecule has 0 nitrogen and oxygen atoms in total. The molecule has 0 amide bonds. The molecule has 0 saturated heterocycles. The predicted molar refractivity (Wildman–Crippen MR) is 66.3 cm³/mol. The van der Waals surface area contributed by atoms with E-state index < -0.39 is 0 Å². The molecule has 2 rings (SSSR count). The molecule has 0 radical (unpaired) electrons. The first-order valence-electron chi connectivity index (χ1n) is 5.67. The minimum absolute atomic E-state index is 0.735. The minimum atomic E-state index is 0.735. The first kappa shape index (κ1) is 10.8. The Hall–Kier alpha value is -0.750. The fraction of sp³-hybridized carbons (Fsp3) is 0.429. The molecule has 0 unspecified atom stereocenters. The molecule has 1 aromatic rings. The predicted octanol–water partition coefficient (Wildman–Crippen LogP) is 4.80. The molecular weight excluding hydrogens is 204 g/mol. The van der Waals surface area contributed by atoms with Crippen molar-refractivity contribution in [2.45, 2.75) is 31.6 Å². The van der Waals surface area contributed by atoms with Gasteiger partial charge in [0.1, 0.15) is 0 Å². The van der Waals surface area contributed by atoms with Crippen LogP contribution >= 0.6 is 11.6 Å². The molecular formula is C14H17Cl. The maximum absolute atomic E-state index is 5.88. The zero-order chi connectivity index (χ0) is 10.7. The Kier molecular flexibility index (Phi) is 3.48. The van der Waals surface area contributed by atoms with E-state index in [0.717, 1.165) is 16.9 Å². The van der Waals surface area contributed by atoms with Gasteiger partial charge in [0.05, 0.1) is 0 Å². The summed E-state index contributed by atoms with van der Waals surface area (Å²) in [4.78, 5) is 0. The van der Waals surface area contributed by atoms with E-state index in [0.29, 0.717) is 0 Å². The van der Waals surface area contributed by atoms with Gasteiger partial charge in [-0.25, -0.2) is 0 Å². The molecule has 1 aliphatic rings. The average Bonchev–Trinajstić information content (AvgIpc) is 2.30. The van der Waals surface area contributed by atoms with Gasteiger partial charge in [-0.05, 0) is 55.2 Å². The average molecular weight is 221 g/mol. The van der Waals surface area contributed by atoms with Crippen LogP contribution in [-0.2, 0) is 0 Å². The van der Waals surface area contributed by atoms with Gasteiger partial charge in [-0.15, -0.1) is 6.58 Å². The highest BCUT2D eigenvalue weighted by Gasteiger charge is 2.20. The largest absolute Gasteiger partial charge is 0.103 e. The summed E-state index contributed by atoms with van der Waals surface area (Å²) >= 11 is 5.88. The highest BCUT2D eigenvalue weighted by molar-refractivity contribution is 6.30. The summed E-state index contributed by atoms with van der Waals surface area (Å²) in [5, 5.41) is 0.832. The Labute approximate surface area is 97.0 Å². The van der Waals surface area contributed by atoms with Crippen molar-refractivity contribution < 1.29 is 0 Å². The van der Waals surface area contributed by atoms with Crippen LogP contribution in [0.5, 0.6) is 0 Å². The summed E-state index contributed by atoms with van der Waals surface area (Å²) in [5.41, 5.74) is 1.45. The standard InChI is InChI=1S/C14H17Cl/c1-2-11-3-5-12(6-4-11)13-7-9-14(15)10-8-13/h2,7-12H,1,3-6H2. The van der Waals surface area contributed by atoms with Crippen LogP contribution in [0.1, 0.15) is 37.2 Å². The van der Waals surface area contributed by atoms with Crippen LogP contribution in [0.2, 0.25) is 5.02 Å². The lowest BCUT2D eigenvalue weighted by Gasteiger charge is -2.26. The van der Waals surface area contributed by atoms with Crippen LogP contribution in [0.15, 0.2) is 36.9 Å². The van der Waals surface area contributed by atoms with E-state index in [1.807, 2.05) is 12.1 Å². The van der Waals surface area contributed by atoms with Gasteiger partial charge in [0.2, 0.25) is 0 Å². The Morgan fingerprint density at radius 3 is 2.20 bits per heavy atom. The quantitative estimate of drug-likeness (QED) is 0.628. The number of rotatable bonds is 2. The molecule has 0 N–H and O–H groups in total. The van der Waals surface area contributed by atoms with Gasteiger partial charge < -0.3 is 0 Å². The lowest BCUT2D eigenvalue weighted by Crippen LogP contribution is -2.11.